The van der Waals surface area contributed by atoms with Gasteiger partial charge in [0.2, 0.25) is 0 Å². The molecular formula is C13H26N2OS. The summed E-state index contributed by atoms with van der Waals surface area (Å²) >= 11 is 0. The monoisotopic (exact) mass is 258 g/mol. The van der Waals surface area contributed by atoms with Gasteiger partial charge < -0.3 is 10.2 Å². The van der Waals surface area contributed by atoms with Crippen molar-refractivity contribution in [1.29, 1.82) is 0 Å². The fourth-order valence-electron chi connectivity index (χ4n) is 3.29. The molecule has 0 bridgehead atoms. The molecule has 2 aliphatic rings. The Bertz CT molecular complexity index is 264. The van der Waals surface area contributed by atoms with Crippen molar-refractivity contribution in [3.05, 3.63) is 0 Å². The first-order chi connectivity index (χ1) is 8.20. The van der Waals surface area contributed by atoms with E-state index in [2.05, 4.69) is 10.2 Å². The van der Waals surface area contributed by atoms with Gasteiger partial charge in [-0.25, -0.2) is 0 Å². The Balaban J connectivity index is 1.82. The van der Waals surface area contributed by atoms with Crippen LogP contribution in [-0.2, 0) is 10.8 Å². The van der Waals surface area contributed by atoms with E-state index < -0.39 is 10.8 Å². The molecule has 2 fully saturated rings. The van der Waals surface area contributed by atoms with Crippen molar-refractivity contribution in [2.75, 3.05) is 38.2 Å². The first-order valence-electron chi connectivity index (χ1n) is 6.98. The number of nitrogens with zero attached hydrogens (tertiary/aromatic N) is 1. The largest absolute Gasteiger partial charge is 0.310 e. The highest BCUT2D eigenvalue weighted by Crippen LogP contribution is 2.31. The molecular weight excluding hydrogens is 232 g/mol. The third-order valence-corrected chi connectivity index (χ3v) is 5.01. The predicted octanol–water partition coefficient (Wildman–Crippen LogP) is 1.36. The van der Waals surface area contributed by atoms with Gasteiger partial charge in [0, 0.05) is 34.9 Å². The minimum atomic E-state index is -0.627. The van der Waals surface area contributed by atoms with Crippen LogP contribution in [0.1, 0.15) is 38.5 Å². The van der Waals surface area contributed by atoms with Gasteiger partial charge in [-0.15, -0.1) is 0 Å². The van der Waals surface area contributed by atoms with Gasteiger partial charge in [0.1, 0.15) is 0 Å². The topological polar surface area (TPSA) is 32.3 Å². The molecule has 1 atom stereocenters. The number of rotatable bonds is 4. The zero-order valence-corrected chi connectivity index (χ0v) is 11.9. The van der Waals surface area contributed by atoms with Gasteiger partial charge in [0.05, 0.1) is 0 Å². The van der Waals surface area contributed by atoms with E-state index in [9.17, 15) is 4.21 Å². The molecule has 1 aliphatic carbocycles. The third kappa shape index (κ3) is 4.04. The lowest BCUT2D eigenvalue weighted by molar-refractivity contribution is 0.211. The molecule has 1 unspecified atom stereocenters. The lowest BCUT2D eigenvalue weighted by Crippen LogP contribution is -2.49. The Morgan fingerprint density at radius 2 is 2.06 bits per heavy atom. The molecule has 0 amide bonds. The zero-order chi connectivity index (χ0) is 12.1. The highest BCUT2D eigenvalue weighted by atomic mass is 32.2. The van der Waals surface area contributed by atoms with Gasteiger partial charge in [-0.1, -0.05) is 12.8 Å². The minimum absolute atomic E-state index is 0.419. The second kappa shape index (κ2) is 6.30. The summed E-state index contributed by atoms with van der Waals surface area (Å²) in [6, 6.07) is 0. The van der Waals surface area contributed by atoms with Crippen molar-refractivity contribution in [1.82, 2.24) is 10.2 Å². The smallest absolute Gasteiger partial charge is 0.0308 e. The van der Waals surface area contributed by atoms with Crippen LogP contribution in [0.3, 0.4) is 0 Å². The van der Waals surface area contributed by atoms with E-state index in [1.807, 2.05) is 6.26 Å². The molecule has 1 saturated heterocycles. The van der Waals surface area contributed by atoms with Gasteiger partial charge in [0.25, 0.3) is 0 Å². The summed E-state index contributed by atoms with van der Waals surface area (Å²) in [4.78, 5) is 2.60. The Morgan fingerprint density at radius 1 is 1.29 bits per heavy atom. The van der Waals surface area contributed by atoms with Gasteiger partial charge in [-0.05, 0) is 45.3 Å². The maximum absolute atomic E-state index is 11.1. The molecule has 4 heteroatoms. The van der Waals surface area contributed by atoms with Gasteiger partial charge >= 0.3 is 0 Å². The third-order valence-electron chi connectivity index (χ3n) is 4.14. The first kappa shape index (κ1) is 13.5. The Kier molecular flexibility index (Phi) is 5.00. The van der Waals surface area contributed by atoms with Crippen LogP contribution in [0.15, 0.2) is 0 Å². The molecule has 1 aliphatic heterocycles. The van der Waals surface area contributed by atoms with Crippen LogP contribution < -0.4 is 5.32 Å². The molecule has 3 nitrogen and oxygen atoms in total. The second-order valence-corrected chi connectivity index (χ2v) is 7.23. The van der Waals surface area contributed by atoms with Crippen LogP contribution in [0.25, 0.3) is 0 Å². The van der Waals surface area contributed by atoms with Crippen LogP contribution in [0, 0.1) is 0 Å². The van der Waals surface area contributed by atoms with Crippen molar-refractivity contribution < 1.29 is 4.21 Å². The number of hydrogen-bond donors (Lipinski definition) is 1. The second-order valence-electron chi connectivity index (χ2n) is 5.67. The van der Waals surface area contributed by atoms with E-state index in [0.717, 1.165) is 18.7 Å². The Morgan fingerprint density at radius 3 is 2.76 bits per heavy atom. The van der Waals surface area contributed by atoms with Crippen molar-refractivity contribution in [2.45, 2.75) is 44.1 Å². The number of hydrogen-bond acceptors (Lipinski definition) is 3. The molecule has 1 spiro atoms. The Hall–Kier alpha value is 0.0700. The molecule has 0 aromatic rings. The summed E-state index contributed by atoms with van der Waals surface area (Å²) in [6.07, 6.45) is 9.63. The van der Waals surface area contributed by atoms with Crippen molar-refractivity contribution in [2.24, 2.45) is 0 Å². The van der Waals surface area contributed by atoms with Crippen LogP contribution in [0.4, 0.5) is 0 Å². The average Bonchev–Trinajstić information content (AvgIpc) is 2.62. The molecule has 100 valence electrons. The van der Waals surface area contributed by atoms with Crippen molar-refractivity contribution in [3.8, 4) is 0 Å². The maximum atomic E-state index is 11.1. The van der Waals surface area contributed by atoms with E-state index in [4.69, 9.17) is 0 Å². The minimum Gasteiger partial charge on any atom is -0.310 e. The highest BCUT2D eigenvalue weighted by Gasteiger charge is 2.35. The van der Waals surface area contributed by atoms with Crippen LogP contribution in [-0.4, -0.2) is 52.8 Å². The summed E-state index contributed by atoms with van der Waals surface area (Å²) < 4.78 is 11.1. The molecule has 1 saturated carbocycles. The molecule has 0 aromatic carbocycles. The van der Waals surface area contributed by atoms with E-state index in [1.165, 1.54) is 51.7 Å². The normalized spacial score (nSPS) is 27.1. The molecule has 17 heavy (non-hydrogen) atoms. The van der Waals surface area contributed by atoms with Crippen LogP contribution in [0.2, 0.25) is 0 Å². The number of nitrogens with one attached hydrogen (secondary N) is 1. The molecule has 1 N–H and O–H groups in total. The van der Waals surface area contributed by atoms with E-state index in [-0.39, 0.29) is 0 Å². The van der Waals surface area contributed by atoms with Gasteiger partial charge in [-0.3, -0.25) is 4.21 Å². The lowest BCUT2D eigenvalue weighted by atomic mass is 9.97. The van der Waals surface area contributed by atoms with Gasteiger partial charge in [0.15, 0.2) is 0 Å². The van der Waals surface area contributed by atoms with Crippen molar-refractivity contribution >= 4 is 10.8 Å². The van der Waals surface area contributed by atoms with Crippen molar-refractivity contribution in [3.63, 3.8) is 0 Å². The van der Waals surface area contributed by atoms with Crippen LogP contribution in [0.5, 0.6) is 0 Å². The summed E-state index contributed by atoms with van der Waals surface area (Å²) in [5.74, 6) is 0.858. The fraction of sp³-hybridized carbons (Fsp3) is 1.00. The SMILES string of the molecule is CS(=O)CCCN1CCCNC2(CCCC2)C1. The lowest BCUT2D eigenvalue weighted by Gasteiger charge is -2.33. The Labute approximate surface area is 108 Å². The summed E-state index contributed by atoms with van der Waals surface area (Å²) in [7, 11) is -0.627. The predicted molar refractivity (Wildman–Crippen MR) is 73.8 cm³/mol. The summed E-state index contributed by atoms with van der Waals surface area (Å²) in [6.45, 7) is 4.73. The molecule has 0 radical (unpaired) electrons. The average molecular weight is 258 g/mol. The van der Waals surface area contributed by atoms with Crippen LogP contribution >= 0.6 is 0 Å². The zero-order valence-electron chi connectivity index (χ0n) is 11.0. The molecule has 0 aromatic heterocycles. The fourth-order valence-corrected chi connectivity index (χ4v) is 3.82. The molecule has 2 rings (SSSR count). The van der Waals surface area contributed by atoms with E-state index >= 15 is 0 Å². The summed E-state index contributed by atoms with van der Waals surface area (Å²) in [5.41, 5.74) is 0.419. The highest BCUT2D eigenvalue weighted by molar-refractivity contribution is 7.84. The quantitative estimate of drug-likeness (QED) is 0.826. The van der Waals surface area contributed by atoms with E-state index in [0.29, 0.717) is 5.54 Å². The first-order valence-corrected chi connectivity index (χ1v) is 8.70. The maximum Gasteiger partial charge on any atom is 0.0308 e. The molecule has 1 heterocycles. The van der Waals surface area contributed by atoms with Gasteiger partial charge in [-0.2, -0.15) is 0 Å². The summed E-state index contributed by atoms with van der Waals surface area (Å²) in [5, 5.41) is 3.78. The van der Waals surface area contributed by atoms with E-state index in [1.54, 1.807) is 0 Å². The standard InChI is InChI=1S/C13H26N2OS/c1-17(16)11-5-10-15-9-4-8-14-13(12-15)6-2-3-7-13/h14H,2-12H2,1H3.